The molecule has 0 amide bonds. The van der Waals surface area contributed by atoms with Gasteiger partial charge in [-0.25, -0.2) is 17.6 Å². The Morgan fingerprint density at radius 3 is 2.04 bits per heavy atom. The lowest BCUT2D eigenvalue weighted by Gasteiger charge is -2.13. The average molecular weight is 365 g/mol. The molecule has 1 N–H and O–H groups in total. The molecule has 2 rings (SSSR count). The molecule has 0 aliphatic heterocycles. The number of ketones is 1. The highest BCUT2D eigenvalue weighted by Crippen LogP contribution is 2.14. The molecule has 1 atom stereocenters. The molecule has 8 heteroatoms. The zero-order valence-corrected chi connectivity index (χ0v) is 14.3. The van der Waals surface area contributed by atoms with Gasteiger partial charge in [-0.1, -0.05) is 0 Å². The van der Waals surface area contributed by atoms with Gasteiger partial charge in [0.15, 0.2) is 6.10 Å². The van der Waals surface area contributed by atoms with E-state index in [1.807, 2.05) is 0 Å². The monoisotopic (exact) mass is 365 g/mol. The van der Waals surface area contributed by atoms with E-state index in [2.05, 4.69) is 4.72 Å². The number of esters is 1. The topological polar surface area (TPSA) is 89.5 Å². The minimum absolute atomic E-state index is 0.133. The van der Waals surface area contributed by atoms with E-state index in [0.29, 0.717) is 5.69 Å². The van der Waals surface area contributed by atoms with E-state index in [9.17, 15) is 22.4 Å². The van der Waals surface area contributed by atoms with Gasteiger partial charge in [0.05, 0.1) is 11.8 Å². The van der Waals surface area contributed by atoms with Crippen LogP contribution in [0.5, 0.6) is 0 Å². The minimum atomic E-state index is -3.41. The van der Waals surface area contributed by atoms with Gasteiger partial charge in [-0.2, -0.15) is 0 Å². The van der Waals surface area contributed by atoms with E-state index in [1.54, 1.807) is 0 Å². The van der Waals surface area contributed by atoms with E-state index in [1.165, 1.54) is 43.3 Å². The highest BCUT2D eigenvalue weighted by Gasteiger charge is 2.20. The molecule has 0 bridgehead atoms. The van der Waals surface area contributed by atoms with Gasteiger partial charge in [0.25, 0.3) is 0 Å². The van der Waals surface area contributed by atoms with E-state index < -0.39 is 33.7 Å². The second kappa shape index (κ2) is 7.43. The molecule has 0 saturated carbocycles. The molecule has 0 radical (unpaired) electrons. The van der Waals surface area contributed by atoms with Gasteiger partial charge in [0.1, 0.15) is 5.82 Å². The largest absolute Gasteiger partial charge is 0.451 e. The normalized spacial score (nSPS) is 12.3. The van der Waals surface area contributed by atoms with Crippen LogP contribution >= 0.6 is 0 Å². The number of benzene rings is 2. The first-order valence-electron chi connectivity index (χ1n) is 7.24. The lowest BCUT2D eigenvalue weighted by Crippen LogP contribution is -2.24. The Balaban J connectivity index is 2.04. The summed E-state index contributed by atoms with van der Waals surface area (Å²) in [5.41, 5.74) is 0.710. The van der Waals surface area contributed by atoms with Crippen LogP contribution in [-0.2, 0) is 14.8 Å². The number of hydrogen-bond donors (Lipinski definition) is 1. The summed E-state index contributed by atoms with van der Waals surface area (Å²) in [6, 6.07) is 10.5. The SMILES string of the molecule is CC(OC(=O)c1ccc(F)cc1)C(=O)c1ccc(NS(C)(=O)=O)cc1. The third-order valence-corrected chi connectivity index (χ3v) is 3.81. The van der Waals surface area contributed by atoms with Crippen molar-refractivity contribution in [3.8, 4) is 0 Å². The van der Waals surface area contributed by atoms with Gasteiger partial charge in [-0.15, -0.1) is 0 Å². The van der Waals surface area contributed by atoms with Crippen molar-refractivity contribution in [1.29, 1.82) is 0 Å². The number of Topliss-reactive ketones (excluding diaryl/α,β-unsaturated/α-hetero) is 1. The molecular weight excluding hydrogens is 349 g/mol. The van der Waals surface area contributed by atoms with Crippen LogP contribution in [-0.4, -0.2) is 32.5 Å². The number of carbonyl (C=O) groups is 2. The van der Waals surface area contributed by atoms with Crippen LogP contribution in [0.2, 0.25) is 0 Å². The molecule has 2 aromatic carbocycles. The fourth-order valence-corrected chi connectivity index (χ4v) is 2.58. The summed E-state index contributed by atoms with van der Waals surface area (Å²) in [5.74, 6) is -1.67. The molecular formula is C17H16FNO5S. The van der Waals surface area contributed by atoms with E-state index in [-0.39, 0.29) is 11.1 Å². The van der Waals surface area contributed by atoms with Crippen molar-refractivity contribution in [3.05, 3.63) is 65.5 Å². The molecule has 1 unspecified atom stereocenters. The number of ether oxygens (including phenoxy) is 1. The maximum absolute atomic E-state index is 12.8. The number of rotatable bonds is 6. The molecule has 0 heterocycles. The maximum atomic E-state index is 12.8. The predicted octanol–water partition coefficient (Wildman–Crippen LogP) is 2.63. The average Bonchev–Trinajstić information content (AvgIpc) is 2.54. The van der Waals surface area contributed by atoms with Crippen LogP contribution in [0.25, 0.3) is 0 Å². The van der Waals surface area contributed by atoms with Gasteiger partial charge < -0.3 is 4.74 Å². The van der Waals surface area contributed by atoms with Crippen LogP contribution in [0.1, 0.15) is 27.6 Å². The number of nitrogens with one attached hydrogen (secondary N) is 1. The zero-order chi connectivity index (χ0) is 18.6. The van der Waals surface area contributed by atoms with Crippen molar-refractivity contribution >= 4 is 27.5 Å². The number of halogens is 1. The molecule has 0 aliphatic rings. The van der Waals surface area contributed by atoms with Gasteiger partial charge in [0, 0.05) is 11.3 Å². The van der Waals surface area contributed by atoms with E-state index in [4.69, 9.17) is 4.74 Å². The maximum Gasteiger partial charge on any atom is 0.338 e. The fraction of sp³-hybridized carbons (Fsp3) is 0.176. The summed E-state index contributed by atoms with van der Waals surface area (Å²) in [5, 5.41) is 0. The lowest BCUT2D eigenvalue weighted by molar-refractivity contribution is 0.0319. The zero-order valence-electron chi connectivity index (χ0n) is 13.5. The quantitative estimate of drug-likeness (QED) is 0.628. The van der Waals surface area contributed by atoms with Crippen molar-refractivity contribution in [2.45, 2.75) is 13.0 Å². The van der Waals surface area contributed by atoms with Crippen LogP contribution in [0.4, 0.5) is 10.1 Å². The molecule has 25 heavy (non-hydrogen) atoms. The molecule has 0 saturated heterocycles. The number of hydrogen-bond acceptors (Lipinski definition) is 5. The van der Waals surface area contributed by atoms with Crippen LogP contribution < -0.4 is 4.72 Å². The van der Waals surface area contributed by atoms with Gasteiger partial charge in [-0.3, -0.25) is 9.52 Å². The van der Waals surface area contributed by atoms with E-state index >= 15 is 0 Å². The summed E-state index contributed by atoms with van der Waals surface area (Å²) in [4.78, 5) is 24.2. The summed E-state index contributed by atoms with van der Waals surface area (Å²) in [7, 11) is -3.41. The minimum Gasteiger partial charge on any atom is -0.451 e. The van der Waals surface area contributed by atoms with E-state index in [0.717, 1.165) is 18.4 Å². The fourth-order valence-electron chi connectivity index (χ4n) is 2.02. The standard InChI is InChI=1S/C17H16FNO5S/c1-11(24-17(21)13-3-7-14(18)8-4-13)16(20)12-5-9-15(10-6-12)19-25(2,22)23/h3-11,19H,1-2H3. The smallest absolute Gasteiger partial charge is 0.338 e. The van der Waals surface area contributed by atoms with Gasteiger partial charge >= 0.3 is 5.97 Å². The first-order valence-corrected chi connectivity index (χ1v) is 9.13. The first-order chi connectivity index (χ1) is 11.7. The second-order valence-electron chi connectivity index (χ2n) is 5.37. The summed E-state index contributed by atoms with van der Waals surface area (Å²) < 4.78 is 42.5. The first kappa shape index (κ1) is 18.6. The van der Waals surface area contributed by atoms with Crippen LogP contribution in [0.3, 0.4) is 0 Å². The van der Waals surface area contributed by atoms with Crippen molar-refractivity contribution < 1.29 is 27.1 Å². The molecule has 0 aromatic heterocycles. The second-order valence-corrected chi connectivity index (χ2v) is 7.12. The Labute approximate surface area is 144 Å². The Kier molecular flexibility index (Phi) is 5.53. The number of sulfonamides is 1. The molecule has 0 aliphatic carbocycles. The molecule has 2 aromatic rings. The molecule has 6 nitrogen and oxygen atoms in total. The number of anilines is 1. The highest BCUT2D eigenvalue weighted by atomic mass is 32.2. The third kappa shape index (κ3) is 5.39. The Morgan fingerprint density at radius 1 is 1.00 bits per heavy atom. The summed E-state index contributed by atoms with van der Waals surface area (Å²) >= 11 is 0. The van der Waals surface area contributed by atoms with Crippen molar-refractivity contribution in [1.82, 2.24) is 0 Å². The Hall–Kier alpha value is -2.74. The van der Waals surface area contributed by atoms with Crippen LogP contribution in [0, 0.1) is 5.82 Å². The van der Waals surface area contributed by atoms with Crippen LogP contribution in [0.15, 0.2) is 48.5 Å². The molecule has 132 valence electrons. The molecule has 0 spiro atoms. The van der Waals surface area contributed by atoms with Crippen molar-refractivity contribution in [2.24, 2.45) is 0 Å². The summed E-state index contributed by atoms with van der Waals surface area (Å²) in [6.07, 6.45) is -0.0328. The van der Waals surface area contributed by atoms with Gasteiger partial charge in [-0.05, 0) is 55.5 Å². The van der Waals surface area contributed by atoms with Gasteiger partial charge in [0.2, 0.25) is 15.8 Å². The Bertz CT molecular complexity index is 876. The van der Waals surface area contributed by atoms with Crippen molar-refractivity contribution in [3.63, 3.8) is 0 Å². The molecule has 0 fully saturated rings. The van der Waals surface area contributed by atoms with Crippen molar-refractivity contribution in [2.75, 3.05) is 11.0 Å². The number of carbonyl (C=O) groups excluding carboxylic acids is 2. The summed E-state index contributed by atoms with van der Waals surface area (Å²) in [6.45, 7) is 1.42. The predicted molar refractivity (Wildman–Crippen MR) is 90.5 cm³/mol. The lowest BCUT2D eigenvalue weighted by atomic mass is 10.1. The third-order valence-electron chi connectivity index (χ3n) is 3.21. The highest BCUT2D eigenvalue weighted by molar-refractivity contribution is 7.92. The Morgan fingerprint density at radius 2 is 1.52 bits per heavy atom.